The molecule has 0 amide bonds. The Labute approximate surface area is 108 Å². The second kappa shape index (κ2) is 4.34. The highest BCUT2D eigenvalue weighted by molar-refractivity contribution is 4.99. The maximum atomic E-state index is 5.45. The molecule has 1 aromatic rings. The molecule has 0 spiro atoms. The van der Waals surface area contributed by atoms with E-state index in [-0.39, 0.29) is 0 Å². The van der Waals surface area contributed by atoms with Gasteiger partial charge >= 0.3 is 0 Å². The number of nitrogens with one attached hydrogen (secondary N) is 1. The number of aromatic nitrogens is 2. The van der Waals surface area contributed by atoms with Gasteiger partial charge in [-0.3, -0.25) is 0 Å². The van der Waals surface area contributed by atoms with E-state index in [9.17, 15) is 0 Å². The number of rotatable bonds is 3. The van der Waals surface area contributed by atoms with Gasteiger partial charge in [0.15, 0.2) is 5.82 Å². The van der Waals surface area contributed by atoms with Crippen molar-refractivity contribution in [1.29, 1.82) is 0 Å². The first-order valence-corrected chi connectivity index (χ1v) is 7.44. The Kier molecular flexibility index (Phi) is 2.64. The Morgan fingerprint density at radius 3 is 2.94 bits per heavy atom. The third kappa shape index (κ3) is 1.87. The molecule has 4 rings (SSSR count). The zero-order chi connectivity index (χ0) is 11.9. The summed E-state index contributed by atoms with van der Waals surface area (Å²) in [4.78, 5) is 4.60. The summed E-state index contributed by atoms with van der Waals surface area (Å²) in [6.07, 6.45) is 9.12. The first-order valence-electron chi connectivity index (χ1n) is 7.44. The molecule has 0 aromatic carbocycles. The summed E-state index contributed by atoms with van der Waals surface area (Å²) in [6, 6.07) is 0.336. The molecule has 1 aromatic heterocycles. The molecule has 2 saturated carbocycles. The minimum Gasteiger partial charge on any atom is -0.339 e. The van der Waals surface area contributed by atoms with Gasteiger partial charge in [0.05, 0.1) is 6.04 Å². The number of hydrogen-bond donors (Lipinski definition) is 1. The SMILES string of the molecule is C1CNC(c2noc(CC3CC4CCC3C4)n2)C1. The second-order valence-corrected chi connectivity index (χ2v) is 6.33. The molecule has 4 atom stereocenters. The average molecular weight is 247 g/mol. The topological polar surface area (TPSA) is 51.0 Å². The van der Waals surface area contributed by atoms with Crippen molar-refractivity contribution in [3.05, 3.63) is 11.7 Å². The van der Waals surface area contributed by atoms with Crippen molar-refractivity contribution in [1.82, 2.24) is 15.5 Å². The first-order chi connectivity index (χ1) is 8.88. The molecule has 2 bridgehead atoms. The minimum absolute atomic E-state index is 0.336. The molecule has 4 nitrogen and oxygen atoms in total. The van der Waals surface area contributed by atoms with E-state index in [0.717, 1.165) is 48.9 Å². The zero-order valence-electron chi connectivity index (χ0n) is 10.8. The number of fused-ring (bicyclic) bond motifs is 2. The van der Waals surface area contributed by atoms with Crippen molar-refractivity contribution in [2.24, 2.45) is 17.8 Å². The van der Waals surface area contributed by atoms with Crippen LogP contribution in [-0.4, -0.2) is 16.7 Å². The van der Waals surface area contributed by atoms with Crippen molar-refractivity contribution >= 4 is 0 Å². The summed E-state index contributed by atoms with van der Waals surface area (Å²) in [7, 11) is 0. The van der Waals surface area contributed by atoms with E-state index in [1.807, 2.05) is 0 Å². The lowest BCUT2D eigenvalue weighted by atomic mass is 9.86. The Morgan fingerprint density at radius 1 is 1.22 bits per heavy atom. The molecule has 0 radical (unpaired) electrons. The van der Waals surface area contributed by atoms with Gasteiger partial charge in [0.2, 0.25) is 5.89 Å². The van der Waals surface area contributed by atoms with Crippen molar-refractivity contribution < 1.29 is 4.52 Å². The van der Waals surface area contributed by atoms with Gasteiger partial charge in [-0.1, -0.05) is 11.6 Å². The quantitative estimate of drug-likeness (QED) is 0.891. The van der Waals surface area contributed by atoms with Crippen LogP contribution in [0.1, 0.15) is 56.3 Å². The van der Waals surface area contributed by atoms with E-state index in [2.05, 4.69) is 15.5 Å². The van der Waals surface area contributed by atoms with Crippen LogP contribution in [0.3, 0.4) is 0 Å². The molecular weight excluding hydrogens is 226 g/mol. The largest absolute Gasteiger partial charge is 0.339 e. The van der Waals surface area contributed by atoms with Crippen LogP contribution in [-0.2, 0) is 6.42 Å². The molecule has 18 heavy (non-hydrogen) atoms. The van der Waals surface area contributed by atoms with Crippen LogP contribution in [0.4, 0.5) is 0 Å². The Hall–Kier alpha value is -0.900. The van der Waals surface area contributed by atoms with Crippen molar-refractivity contribution in [2.75, 3.05) is 6.54 Å². The highest BCUT2D eigenvalue weighted by Crippen LogP contribution is 2.49. The fraction of sp³-hybridized carbons (Fsp3) is 0.857. The Balaban J connectivity index is 1.42. The molecule has 4 heteroatoms. The lowest BCUT2D eigenvalue weighted by molar-refractivity contribution is 0.287. The van der Waals surface area contributed by atoms with Crippen molar-refractivity contribution in [3.63, 3.8) is 0 Å². The van der Waals surface area contributed by atoms with Gasteiger partial charge in [-0.15, -0.1) is 0 Å². The molecule has 4 unspecified atom stereocenters. The van der Waals surface area contributed by atoms with Gasteiger partial charge in [0, 0.05) is 6.42 Å². The normalized spacial score (nSPS) is 38.7. The molecular formula is C14H21N3O. The van der Waals surface area contributed by atoms with Crippen LogP contribution in [0.5, 0.6) is 0 Å². The van der Waals surface area contributed by atoms with Gasteiger partial charge in [-0.05, 0) is 56.4 Å². The highest BCUT2D eigenvalue weighted by atomic mass is 16.5. The van der Waals surface area contributed by atoms with E-state index < -0.39 is 0 Å². The minimum atomic E-state index is 0.336. The fourth-order valence-electron chi connectivity index (χ4n) is 4.25. The molecule has 1 saturated heterocycles. The van der Waals surface area contributed by atoms with Crippen LogP contribution in [0.2, 0.25) is 0 Å². The van der Waals surface area contributed by atoms with Gasteiger partial charge in [0.1, 0.15) is 0 Å². The molecule has 3 fully saturated rings. The van der Waals surface area contributed by atoms with Gasteiger partial charge in [-0.25, -0.2) is 0 Å². The van der Waals surface area contributed by atoms with Crippen LogP contribution in [0.15, 0.2) is 4.52 Å². The monoisotopic (exact) mass is 247 g/mol. The van der Waals surface area contributed by atoms with Crippen LogP contribution >= 0.6 is 0 Å². The average Bonchev–Trinajstić information content (AvgIpc) is 3.14. The van der Waals surface area contributed by atoms with Gasteiger partial charge < -0.3 is 9.84 Å². The highest BCUT2D eigenvalue weighted by Gasteiger charge is 2.40. The number of nitrogens with zero attached hydrogens (tertiary/aromatic N) is 2. The summed E-state index contributed by atoms with van der Waals surface area (Å²) in [5.74, 6) is 4.50. The molecule has 2 heterocycles. The summed E-state index contributed by atoms with van der Waals surface area (Å²) in [6.45, 7) is 1.08. The fourth-order valence-corrected chi connectivity index (χ4v) is 4.25. The van der Waals surface area contributed by atoms with E-state index in [4.69, 9.17) is 4.52 Å². The van der Waals surface area contributed by atoms with E-state index in [1.165, 1.54) is 32.1 Å². The van der Waals surface area contributed by atoms with Crippen molar-refractivity contribution in [2.45, 2.75) is 51.0 Å². The number of hydrogen-bond acceptors (Lipinski definition) is 4. The van der Waals surface area contributed by atoms with Crippen LogP contribution in [0, 0.1) is 17.8 Å². The third-order valence-corrected chi connectivity index (χ3v) is 5.18. The standard InChI is InChI=1S/C14H21N3O/c1-2-12(15-5-1)14-16-13(18-17-14)8-11-7-9-3-4-10(11)6-9/h9-12,15H,1-8H2. The predicted octanol–water partition coefficient (Wildman–Crippen LogP) is 2.47. The molecule has 1 N–H and O–H groups in total. The van der Waals surface area contributed by atoms with Crippen molar-refractivity contribution in [3.8, 4) is 0 Å². The molecule has 2 aliphatic carbocycles. The first kappa shape index (κ1) is 11.0. The smallest absolute Gasteiger partial charge is 0.226 e. The predicted molar refractivity (Wildman–Crippen MR) is 66.9 cm³/mol. The van der Waals surface area contributed by atoms with Gasteiger partial charge in [0.25, 0.3) is 0 Å². The van der Waals surface area contributed by atoms with E-state index in [0.29, 0.717) is 6.04 Å². The molecule has 1 aliphatic heterocycles. The van der Waals surface area contributed by atoms with Crippen LogP contribution < -0.4 is 5.32 Å². The second-order valence-electron chi connectivity index (χ2n) is 6.33. The third-order valence-electron chi connectivity index (χ3n) is 5.18. The summed E-state index contributed by atoms with van der Waals surface area (Å²) < 4.78 is 5.45. The maximum Gasteiger partial charge on any atom is 0.226 e. The molecule has 3 aliphatic rings. The Morgan fingerprint density at radius 2 is 2.22 bits per heavy atom. The summed E-state index contributed by atoms with van der Waals surface area (Å²) >= 11 is 0. The van der Waals surface area contributed by atoms with E-state index in [1.54, 1.807) is 0 Å². The zero-order valence-corrected chi connectivity index (χ0v) is 10.8. The van der Waals surface area contributed by atoms with E-state index >= 15 is 0 Å². The lowest BCUT2D eigenvalue weighted by Gasteiger charge is -2.19. The van der Waals surface area contributed by atoms with Crippen LogP contribution in [0.25, 0.3) is 0 Å². The maximum absolute atomic E-state index is 5.45. The summed E-state index contributed by atoms with van der Waals surface area (Å²) in [5.41, 5.74) is 0. The Bertz CT molecular complexity index is 424. The summed E-state index contributed by atoms with van der Waals surface area (Å²) in [5, 5.41) is 7.58. The molecule has 98 valence electrons. The lowest BCUT2D eigenvalue weighted by Crippen LogP contribution is -2.15. The van der Waals surface area contributed by atoms with Gasteiger partial charge in [-0.2, -0.15) is 4.98 Å².